The second kappa shape index (κ2) is 10.6. The highest BCUT2D eigenvalue weighted by Crippen LogP contribution is 2.33. The van der Waals surface area contributed by atoms with Gasteiger partial charge in [-0.1, -0.05) is 25.4 Å². The van der Waals surface area contributed by atoms with Gasteiger partial charge in [0.25, 0.3) is 0 Å². The molecule has 0 saturated carbocycles. The number of anilines is 2. The molecule has 0 radical (unpaired) electrons. The van der Waals surface area contributed by atoms with Crippen molar-refractivity contribution in [3.63, 3.8) is 0 Å². The normalized spacial score (nSPS) is 13.9. The third-order valence-electron chi connectivity index (χ3n) is 5.55. The standard InChI is InChI=1S/C24H27ClFN5O.H2S/c1-15(2)13-20(27)24(32)30-11-12-31-21(14-30)29-22(16-3-7-18(26)8-4-16)23(31)28-19-9-5-17(25)6-10-19;/h3-10,15,20,28H,11-14,27H2,1-2H3;1H2/t20-;/m0./s1. The van der Waals surface area contributed by atoms with E-state index in [1.54, 1.807) is 17.0 Å². The highest BCUT2D eigenvalue weighted by Gasteiger charge is 2.29. The lowest BCUT2D eigenvalue weighted by molar-refractivity contribution is -0.134. The number of fused-ring (bicyclic) bond motifs is 1. The number of hydrogen-bond acceptors (Lipinski definition) is 4. The predicted octanol–water partition coefficient (Wildman–Crippen LogP) is 4.91. The SMILES string of the molecule is CC(C)C[C@H](N)C(=O)N1CCn2c(nc(-c3ccc(F)cc3)c2Nc2ccc(Cl)cc2)C1.S. The average molecular weight is 490 g/mol. The Morgan fingerprint density at radius 3 is 2.45 bits per heavy atom. The average Bonchev–Trinajstić information content (AvgIpc) is 3.12. The van der Waals surface area contributed by atoms with Crippen molar-refractivity contribution in [3.8, 4) is 11.3 Å². The fourth-order valence-corrected chi connectivity index (χ4v) is 4.09. The molecule has 1 atom stereocenters. The summed E-state index contributed by atoms with van der Waals surface area (Å²) in [4.78, 5) is 19.5. The van der Waals surface area contributed by atoms with Gasteiger partial charge in [-0.05, 0) is 60.9 Å². The smallest absolute Gasteiger partial charge is 0.239 e. The van der Waals surface area contributed by atoms with Crippen LogP contribution < -0.4 is 11.1 Å². The molecule has 176 valence electrons. The first kappa shape index (κ1) is 25.1. The summed E-state index contributed by atoms with van der Waals surface area (Å²) in [7, 11) is 0. The van der Waals surface area contributed by atoms with E-state index >= 15 is 0 Å². The molecule has 4 rings (SSSR count). The van der Waals surface area contributed by atoms with Crippen LogP contribution in [0, 0.1) is 11.7 Å². The zero-order valence-electron chi connectivity index (χ0n) is 18.7. The van der Waals surface area contributed by atoms with Gasteiger partial charge in [0.1, 0.15) is 23.2 Å². The van der Waals surface area contributed by atoms with Gasteiger partial charge in [-0.25, -0.2) is 9.37 Å². The number of carbonyl (C=O) groups excluding carboxylic acids is 1. The maximum Gasteiger partial charge on any atom is 0.239 e. The number of nitrogens with zero attached hydrogens (tertiary/aromatic N) is 3. The van der Waals surface area contributed by atoms with Crippen molar-refractivity contribution in [2.45, 2.75) is 39.4 Å². The van der Waals surface area contributed by atoms with Gasteiger partial charge >= 0.3 is 0 Å². The number of nitrogens with two attached hydrogens (primary N) is 1. The first-order valence-corrected chi connectivity index (χ1v) is 11.1. The van der Waals surface area contributed by atoms with Gasteiger partial charge < -0.3 is 20.5 Å². The van der Waals surface area contributed by atoms with Crippen molar-refractivity contribution in [2.75, 3.05) is 11.9 Å². The summed E-state index contributed by atoms with van der Waals surface area (Å²) in [6, 6.07) is 13.1. The topological polar surface area (TPSA) is 76.2 Å². The number of benzene rings is 2. The number of aromatic nitrogens is 2. The maximum atomic E-state index is 13.5. The molecule has 0 aliphatic carbocycles. The van der Waals surface area contributed by atoms with Crippen LogP contribution in [0.4, 0.5) is 15.9 Å². The number of rotatable bonds is 6. The van der Waals surface area contributed by atoms with E-state index in [1.165, 1.54) is 12.1 Å². The molecule has 1 aliphatic heterocycles. The van der Waals surface area contributed by atoms with Crippen molar-refractivity contribution in [3.05, 3.63) is 65.2 Å². The van der Waals surface area contributed by atoms with Crippen molar-refractivity contribution in [2.24, 2.45) is 11.7 Å². The monoisotopic (exact) mass is 489 g/mol. The molecule has 1 aromatic heterocycles. The summed E-state index contributed by atoms with van der Waals surface area (Å²) in [6.45, 7) is 5.62. The Balaban J connectivity index is 0.00000306. The molecule has 0 bridgehead atoms. The number of halogens is 2. The Hall–Kier alpha value is -2.55. The Bertz CT molecular complexity index is 1100. The van der Waals surface area contributed by atoms with E-state index in [9.17, 15) is 9.18 Å². The fourth-order valence-electron chi connectivity index (χ4n) is 3.97. The van der Waals surface area contributed by atoms with Crippen LogP contribution in [0.2, 0.25) is 5.02 Å². The Kier molecular flexibility index (Phi) is 8.05. The van der Waals surface area contributed by atoms with Crippen molar-refractivity contribution in [1.29, 1.82) is 0 Å². The van der Waals surface area contributed by atoms with Crippen LogP contribution in [-0.2, 0) is 17.9 Å². The summed E-state index contributed by atoms with van der Waals surface area (Å²) in [5.41, 5.74) is 8.50. The summed E-state index contributed by atoms with van der Waals surface area (Å²) in [5, 5.41) is 4.08. The second-order valence-corrected chi connectivity index (χ2v) is 8.95. The third kappa shape index (κ3) is 5.69. The van der Waals surface area contributed by atoms with Crippen molar-refractivity contribution < 1.29 is 9.18 Å². The van der Waals surface area contributed by atoms with Gasteiger partial charge in [0, 0.05) is 29.4 Å². The Labute approximate surface area is 205 Å². The van der Waals surface area contributed by atoms with E-state index in [0.717, 1.165) is 22.9 Å². The third-order valence-corrected chi connectivity index (χ3v) is 5.80. The highest BCUT2D eigenvalue weighted by atomic mass is 35.5. The van der Waals surface area contributed by atoms with E-state index in [-0.39, 0.29) is 25.2 Å². The van der Waals surface area contributed by atoms with Gasteiger partial charge in [0.15, 0.2) is 0 Å². The van der Waals surface area contributed by atoms with Gasteiger partial charge in [-0.15, -0.1) is 0 Å². The lowest BCUT2D eigenvalue weighted by atomic mass is 10.0. The molecule has 0 spiro atoms. The Morgan fingerprint density at radius 1 is 1.15 bits per heavy atom. The minimum atomic E-state index is -0.514. The quantitative estimate of drug-likeness (QED) is 0.515. The van der Waals surface area contributed by atoms with Gasteiger partial charge in [-0.2, -0.15) is 13.5 Å². The first-order valence-electron chi connectivity index (χ1n) is 10.7. The molecule has 3 N–H and O–H groups in total. The second-order valence-electron chi connectivity index (χ2n) is 8.51. The van der Waals surface area contributed by atoms with Crippen LogP contribution in [0.3, 0.4) is 0 Å². The molecule has 1 aliphatic rings. The summed E-state index contributed by atoms with van der Waals surface area (Å²) >= 11 is 6.02. The van der Waals surface area contributed by atoms with Gasteiger partial charge in [0.05, 0.1) is 12.6 Å². The lowest BCUT2D eigenvalue weighted by Crippen LogP contribution is -2.47. The highest BCUT2D eigenvalue weighted by molar-refractivity contribution is 7.59. The van der Waals surface area contributed by atoms with E-state index < -0.39 is 6.04 Å². The molecular formula is C24H29ClFN5OS. The first-order chi connectivity index (χ1) is 15.3. The van der Waals surface area contributed by atoms with Crippen LogP contribution in [0.15, 0.2) is 48.5 Å². The number of carbonyl (C=O) groups is 1. The van der Waals surface area contributed by atoms with E-state index in [1.807, 2.05) is 24.3 Å². The van der Waals surface area contributed by atoms with Crippen molar-refractivity contribution >= 4 is 42.5 Å². The molecule has 2 aromatic carbocycles. The summed E-state index contributed by atoms with van der Waals surface area (Å²) in [5.74, 6) is 1.55. The number of nitrogens with one attached hydrogen (secondary N) is 1. The number of hydrogen-bond donors (Lipinski definition) is 2. The Morgan fingerprint density at radius 2 is 1.82 bits per heavy atom. The van der Waals surface area contributed by atoms with Crippen molar-refractivity contribution in [1.82, 2.24) is 14.5 Å². The maximum absolute atomic E-state index is 13.5. The lowest BCUT2D eigenvalue weighted by Gasteiger charge is -2.31. The van der Waals surface area contributed by atoms with Crippen LogP contribution in [0.5, 0.6) is 0 Å². The van der Waals surface area contributed by atoms with Crippen LogP contribution in [-0.4, -0.2) is 32.9 Å². The molecule has 2 heterocycles. The molecular weight excluding hydrogens is 461 g/mol. The molecule has 0 fully saturated rings. The van der Waals surface area contributed by atoms with Crippen LogP contribution in [0.25, 0.3) is 11.3 Å². The predicted molar refractivity (Wildman–Crippen MR) is 136 cm³/mol. The molecule has 3 aromatic rings. The van der Waals surface area contributed by atoms with E-state index in [0.29, 0.717) is 42.7 Å². The van der Waals surface area contributed by atoms with Gasteiger partial charge in [0.2, 0.25) is 5.91 Å². The van der Waals surface area contributed by atoms with Crippen LogP contribution >= 0.6 is 25.1 Å². The summed E-state index contributed by atoms with van der Waals surface area (Å²) < 4.78 is 15.6. The largest absolute Gasteiger partial charge is 0.340 e. The van der Waals surface area contributed by atoms with E-state index in [2.05, 4.69) is 23.7 Å². The zero-order chi connectivity index (χ0) is 22.8. The molecule has 6 nitrogen and oxygen atoms in total. The van der Waals surface area contributed by atoms with E-state index in [4.69, 9.17) is 22.3 Å². The molecule has 1 amide bonds. The molecule has 0 unspecified atom stereocenters. The fraction of sp³-hybridized carbons (Fsp3) is 0.333. The minimum absolute atomic E-state index is 0. The van der Waals surface area contributed by atoms with Crippen LogP contribution in [0.1, 0.15) is 26.1 Å². The number of imidazole rings is 1. The van der Waals surface area contributed by atoms with Gasteiger partial charge in [-0.3, -0.25) is 4.79 Å². The minimum Gasteiger partial charge on any atom is -0.340 e. The zero-order valence-corrected chi connectivity index (χ0v) is 20.4. The summed E-state index contributed by atoms with van der Waals surface area (Å²) in [6.07, 6.45) is 0.647. The molecule has 33 heavy (non-hydrogen) atoms. The molecule has 9 heteroatoms. The molecule has 0 saturated heterocycles. The number of amides is 1.